The highest BCUT2D eigenvalue weighted by Gasteiger charge is 2.35. The topological polar surface area (TPSA) is 43.8 Å². The molecule has 3 rings (SSSR count). The monoisotopic (exact) mass is 313 g/mol. The molecule has 0 bridgehead atoms. The molecule has 6 heteroatoms. The first-order valence-electron chi connectivity index (χ1n) is 5.49. The van der Waals surface area contributed by atoms with Crippen LogP contribution in [0.25, 0.3) is 0 Å². The lowest BCUT2D eigenvalue weighted by Crippen LogP contribution is -2.18. The molecule has 2 atom stereocenters. The molecule has 0 aliphatic carbocycles. The lowest BCUT2D eigenvalue weighted by molar-refractivity contribution is 0.482. The molecule has 2 N–H and O–H groups in total. The molecule has 0 saturated heterocycles. The van der Waals surface area contributed by atoms with Gasteiger partial charge in [0.25, 0.3) is 0 Å². The molecular formula is C12H10BrF2N3. The van der Waals surface area contributed by atoms with Crippen LogP contribution < -0.4 is 5.73 Å². The van der Waals surface area contributed by atoms with E-state index in [-0.39, 0.29) is 5.56 Å². The van der Waals surface area contributed by atoms with E-state index in [0.29, 0.717) is 16.8 Å². The minimum atomic E-state index is -0.576. The van der Waals surface area contributed by atoms with Crippen LogP contribution in [-0.4, -0.2) is 9.55 Å². The minimum Gasteiger partial charge on any atom is -0.333 e. The van der Waals surface area contributed by atoms with Gasteiger partial charge in [0.05, 0.1) is 6.04 Å². The second kappa shape index (κ2) is 4.13. The van der Waals surface area contributed by atoms with Gasteiger partial charge in [-0.15, -0.1) is 0 Å². The van der Waals surface area contributed by atoms with Crippen LogP contribution in [0.5, 0.6) is 0 Å². The molecule has 3 nitrogen and oxygen atoms in total. The summed E-state index contributed by atoms with van der Waals surface area (Å²) in [5.41, 5.74) is 6.05. The van der Waals surface area contributed by atoms with Crippen molar-refractivity contribution in [1.29, 1.82) is 0 Å². The molecule has 0 saturated carbocycles. The molecule has 0 fully saturated rings. The Hall–Kier alpha value is -1.27. The van der Waals surface area contributed by atoms with Crippen molar-refractivity contribution in [2.45, 2.75) is 18.5 Å². The van der Waals surface area contributed by atoms with Crippen LogP contribution in [0.15, 0.2) is 29.0 Å². The van der Waals surface area contributed by atoms with Crippen molar-refractivity contribution >= 4 is 15.9 Å². The maximum atomic E-state index is 13.9. The quantitative estimate of drug-likeness (QED) is 0.879. The third-order valence-electron chi connectivity index (χ3n) is 3.29. The Morgan fingerprint density at radius 2 is 2.00 bits per heavy atom. The summed E-state index contributed by atoms with van der Waals surface area (Å²) < 4.78 is 30.0. The molecular weight excluding hydrogens is 304 g/mol. The maximum Gasteiger partial charge on any atom is 0.130 e. The van der Waals surface area contributed by atoms with Crippen molar-refractivity contribution in [2.24, 2.45) is 5.73 Å². The van der Waals surface area contributed by atoms with E-state index in [4.69, 9.17) is 5.73 Å². The summed E-state index contributed by atoms with van der Waals surface area (Å²) in [5, 5.41) is 0. The fourth-order valence-electron chi connectivity index (χ4n) is 2.46. The van der Waals surface area contributed by atoms with Crippen LogP contribution in [0.1, 0.15) is 23.3 Å². The molecule has 0 spiro atoms. The van der Waals surface area contributed by atoms with E-state index < -0.39 is 23.6 Å². The van der Waals surface area contributed by atoms with Crippen molar-refractivity contribution in [3.63, 3.8) is 0 Å². The summed E-state index contributed by atoms with van der Waals surface area (Å²) in [5.74, 6) is -0.898. The molecule has 2 aromatic rings. The average molecular weight is 314 g/mol. The number of benzene rings is 1. The highest BCUT2D eigenvalue weighted by Crippen LogP contribution is 2.39. The highest BCUT2D eigenvalue weighted by molar-refractivity contribution is 9.10. The Balaban J connectivity index is 2.06. The first-order chi connectivity index (χ1) is 8.58. The molecule has 2 heterocycles. The number of fused-ring (bicyclic) bond motifs is 1. The number of imidazole rings is 1. The zero-order valence-corrected chi connectivity index (χ0v) is 10.9. The molecule has 0 amide bonds. The van der Waals surface area contributed by atoms with Gasteiger partial charge in [0.15, 0.2) is 0 Å². The van der Waals surface area contributed by atoms with E-state index in [1.165, 1.54) is 12.1 Å². The number of hydrogen-bond acceptors (Lipinski definition) is 2. The summed E-state index contributed by atoms with van der Waals surface area (Å²) in [4.78, 5) is 4.11. The standard InChI is InChI=1S/C12H10BrF2N3/c13-6-3-8(14)10(9(15)4-6)7-5-18-2-1-17-12(18)11(7)16/h1-4,7,11H,5,16H2/t7-,11-/m0/s1. The van der Waals surface area contributed by atoms with Crippen molar-refractivity contribution in [2.75, 3.05) is 0 Å². The number of aromatic nitrogens is 2. The normalized spacial score (nSPS) is 22.2. The predicted molar refractivity (Wildman–Crippen MR) is 66.0 cm³/mol. The highest BCUT2D eigenvalue weighted by atomic mass is 79.9. The van der Waals surface area contributed by atoms with Crippen molar-refractivity contribution in [3.05, 3.63) is 52.0 Å². The second-order valence-electron chi connectivity index (χ2n) is 4.35. The molecule has 1 aromatic carbocycles. The molecule has 0 unspecified atom stereocenters. The molecule has 94 valence electrons. The summed E-state index contributed by atoms with van der Waals surface area (Å²) in [6.07, 6.45) is 3.41. The van der Waals surface area contributed by atoms with Gasteiger partial charge in [0.2, 0.25) is 0 Å². The van der Waals surface area contributed by atoms with Gasteiger partial charge in [-0.05, 0) is 12.1 Å². The Morgan fingerprint density at radius 3 is 2.61 bits per heavy atom. The predicted octanol–water partition coefficient (Wildman–Crippen LogP) is 2.72. The van der Waals surface area contributed by atoms with Gasteiger partial charge in [-0.2, -0.15) is 0 Å². The van der Waals surface area contributed by atoms with E-state index in [0.717, 1.165) is 0 Å². The van der Waals surface area contributed by atoms with Gasteiger partial charge >= 0.3 is 0 Å². The van der Waals surface area contributed by atoms with E-state index >= 15 is 0 Å². The van der Waals surface area contributed by atoms with E-state index in [9.17, 15) is 8.78 Å². The van der Waals surface area contributed by atoms with Crippen LogP contribution in [0.4, 0.5) is 8.78 Å². The largest absolute Gasteiger partial charge is 0.333 e. The number of rotatable bonds is 1. The number of hydrogen-bond donors (Lipinski definition) is 1. The van der Waals surface area contributed by atoms with E-state index in [1.54, 1.807) is 12.4 Å². The summed E-state index contributed by atoms with van der Waals surface area (Å²) in [6.45, 7) is 0.450. The smallest absolute Gasteiger partial charge is 0.130 e. The van der Waals surface area contributed by atoms with Crippen LogP contribution in [-0.2, 0) is 6.54 Å². The zero-order chi connectivity index (χ0) is 12.9. The van der Waals surface area contributed by atoms with Crippen LogP contribution in [0.3, 0.4) is 0 Å². The van der Waals surface area contributed by atoms with Gasteiger partial charge in [0, 0.05) is 34.9 Å². The van der Waals surface area contributed by atoms with Crippen molar-refractivity contribution < 1.29 is 8.78 Å². The Labute approximate surface area is 111 Å². The van der Waals surface area contributed by atoms with Crippen LogP contribution in [0.2, 0.25) is 0 Å². The summed E-state index contributed by atoms with van der Waals surface area (Å²) in [7, 11) is 0. The molecule has 1 aliphatic rings. The Morgan fingerprint density at radius 1 is 1.33 bits per heavy atom. The lowest BCUT2D eigenvalue weighted by Gasteiger charge is -2.16. The van der Waals surface area contributed by atoms with Gasteiger partial charge in [-0.3, -0.25) is 0 Å². The van der Waals surface area contributed by atoms with Crippen LogP contribution >= 0.6 is 15.9 Å². The Kier molecular flexibility index (Phi) is 2.71. The number of nitrogens with zero attached hydrogens (tertiary/aromatic N) is 2. The Bertz CT molecular complexity index is 588. The summed E-state index contributed by atoms with van der Waals surface area (Å²) >= 11 is 3.06. The third kappa shape index (κ3) is 1.67. The average Bonchev–Trinajstić information content (AvgIpc) is 2.82. The fourth-order valence-corrected chi connectivity index (χ4v) is 2.86. The first-order valence-corrected chi connectivity index (χ1v) is 6.28. The number of halogens is 3. The van der Waals surface area contributed by atoms with Crippen molar-refractivity contribution in [1.82, 2.24) is 9.55 Å². The third-order valence-corrected chi connectivity index (χ3v) is 3.75. The maximum absolute atomic E-state index is 13.9. The molecule has 18 heavy (non-hydrogen) atoms. The summed E-state index contributed by atoms with van der Waals surface area (Å²) in [6, 6.07) is 2.03. The molecule has 1 aliphatic heterocycles. The molecule has 1 aromatic heterocycles. The second-order valence-corrected chi connectivity index (χ2v) is 5.27. The SMILES string of the molecule is N[C@@H]1c2nccn2C[C@H]1c1c(F)cc(Br)cc1F. The van der Waals surface area contributed by atoms with Gasteiger partial charge in [-0.1, -0.05) is 15.9 Å². The minimum absolute atomic E-state index is 0.0381. The van der Waals surface area contributed by atoms with Crippen LogP contribution in [0, 0.1) is 11.6 Å². The fraction of sp³-hybridized carbons (Fsp3) is 0.250. The first kappa shape index (κ1) is 11.8. The van der Waals surface area contributed by atoms with Gasteiger partial charge in [-0.25, -0.2) is 13.8 Å². The number of nitrogens with two attached hydrogens (primary N) is 1. The van der Waals surface area contributed by atoms with Gasteiger partial charge < -0.3 is 10.3 Å². The van der Waals surface area contributed by atoms with Crippen molar-refractivity contribution in [3.8, 4) is 0 Å². The molecule has 0 radical (unpaired) electrons. The van der Waals surface area contributed by atoms with E-state index in [1.807, 2.05) is 4.57 Å². The van der Waals surface area contributed by atoms with E-state index in [2.05, 4.69) is 20.9 Å². The zero-order valence-electron chi connectivity index (χ0n) is 9.28. The van der Waals surface area contributed by atoms with Gasteiger partial charge in [0.1, 0.15) is 17.5 Å². The lowest BCUT2D eigenvalue weighted by atomic mass is 9.93.